The molecule has 0 aliphatic rings. The molecule has 0 amide bonds. The molecule has 1 aromatic heterocycles. The van der Waals surface area contributed by atoms with Gasteiger partial charge < -0.3 is 4.74 Å². The van der Waals surface area contributed by atoms with Gasteiger partial charge in [-0.1, -0.05) is 0 Å². The number of hydrogen-bond donors (Lipinski definition) is 1. The molecule has 0 saturated carbocycles. The summed E-state index contributed by atoms with van der Waals surface area (Å²) < 4.78 is 4.80. The highest BCUT2D eigenvalue weighted by Gasteiger charge is 1.90. The van der Waals surface area contributed by atoms with E-state index >= 15 is 0 Å². The first-order chi connectivity index (χ1) is 4.86. The number of aromatic nitrogens is 1. The Bertz CT molecular complexity index is 219. The van der Waals surface area contributed by atoms with Crippen LogP contribution in [0.15, 0.2) is 23.4 Å². The Morgan fingerprint density at radius 2 is 2.40 bits per heavy atom. The van der Waals surface area contributed by atoms with E-state index in [9.17, 15) is 0 Å². The standard InChI is InChI=1S/C6H7N3O/c1-10-6-3-2-5(9-7)4-8-6/h2-4,7H,1H3. The molecule has 0 aliphatic heterocycles. The topological polar surface area (TPSA) is 58.3 Å². The Balaban J connectivity index is 2.90. The summed E-state index contributed by atoms with van der Waals surface area (Å²) in [4.78, 5) is 3.83. The second kappa shape index (κ2) is 2.91. The third kappa shape index (κ3) is 1.28. The Kier molecular flexibility index (Phi) is 1.94. The van der Waals surface area contributed by atoms with Crippen LogP contribution in [0.2, 0.25) is 0 Å². The van der Waals surface area contributed by atoms with Crippen molar-refractivity contribution in [2.75, 3.05) is 7.11 Å². The molecule has 0 saturated heterocycles. The summed E-state index contributed by atoms with van der Waals surface area (Å²) in [6, 6.07) is 3.33. The second-order valence-corrected chi connectivity index (χ2v) is 1.67. The molecule has 4 nitrogen and oxygen atoms in total. The number of nitrogens with zero attached hydrogens (tertiary/aromatic N) is 2. The molecule has 1 aromatic rings. The summed E-state index contributed by atoms with van der Waals surface area (Å²) in [5.41, 5.74) is 7.14. The van der Waals surface area contributed by atoms with Crippen molar-refractivity contribution in [3.05, 3.63) is 18.3 Å². The van der Waals surface area contributed by atoms with Gasteiger partial charge in [-0.2, -0.15) is 5.11 Å². The maximum atomic E-state index is 6.62. The van der Waals surface area contributed by atoms with Gasteiger partial charge in [0.25, 0.3) is 0 Å². The van der Waals surface area contributed by atoms with Crippen LogP contribution in [0.1, 0.15) is 0 Å². The molecule has 0 aromatic carbocycles. The molecule has 1 heterocycles. The summed E-state index contributed by atoms with van der Waals surface area (Å²) in [5, 5.41) is 3.18. The van der Waals surface area contributed by atoms with E-state index in [0.717, 1.165) is 0 Å². The summed E-state index contributed by atoms with van der Waals surface area (Å²) in [6.07, 6.45) is 1.48. The number of hydrogen-bond acceptors (Lipinski definition) is 4. The summed E-state index contributed by atoms with van der Waals surface area (Å²) in [6.45, 7) is 0. The number of ether oxygens (including phenoxy) is 1. The molecule has 0 unspecified atom stereocenters. The monoisotopic (exact) mass is 137 g/mol. The van der Waals surface area contributed by atoms with Gasteiger partial charge in [-0.05, 0) is 6.07 Å². The largest absolute Gasteiger partial charge is 0.481 e. The van der Waals surface area contributed by atoms with Crippen molar-refractivity contribution in [1.29, 1.82) is 5.53 Å². The molecule has 0 radical (unpaired) electrons. The van der Waals surface area contributed by atoms with Crippen molar-refractivity contribution in [3.63, 3.8) is 0 Å². The second-order valence-electron chi connectivity index (χ2n) is 1.67. The lowest BCUT2D eigenvalue weighted by atomic mass is 10.4. The Labute approximate surface area is 58.4 Å². The SMILES string of the molecule is COc1ccc(N=N)cn1. The number of nitrogens with one attached hydrogen (secondary N) is 1. The van der Waals surface area contributed by atoms with E-state index in [1.807, 2.05) is 0 Å². The fourth-order valence-electron chi connectivity index (χ4n) is 0.559. The Hall–Kier alpha value is -1.45. The molecule has 0 aliphatic carbocycles. The first kappa shape index (κ1) is 6.67. The number of rotatable bonds is 2. The van der Waals surface area contributed by atoms with E-state index in [1.165, 1.54) is 6.20 Å². The van der Waals surface area contributed by atoms with Gasteiger partial charge >= 0.3 is 0 Å². The zero-order chi connectivity index (χ0) is 7.40. The van der Waals surface area contributed by atoms with Gasteiger partial charge in [0.15, 0.2) is 0 Å². The third-order valence-electron chi connectivity index (χ3n) is 1.06. The smallest absolute Gasteiger partial charge is 0.213 e. The lowest BCUT2D eigenvalue weighted by Gasteiger charge is -1.95. The lowest BCUT2D eigenvalue weighted by Crippen LogP contribution is -1.84. The molecule has 0 fully saturated rings. The van der Waals surface area contributed by atoms with Crippen molar-refractivity contribution in [1.82, 2.24) is 4.98 Å². The van der Waals surface area contributed by atoms with Gasteiger partial charge in [0.1, 0.15) is 5.69 Å². The van der Waals surface area contributed by atoms with Crippen LogP contribution < -0.4 is 4.74 Å². The van der Waals surface area contributed by atoms with Gasteiger partial charge in [-0.3, -0.25) is 0 Å². The van der Waals surface area contributed by atoms with Crippen LogP contribution in [0.3, 0.4) is 0 Å². The third-order valence-corrected chi connectivity index (χ3v) is 1.06. The quantitative estimate of drug-likeness (QED) is 0.631. The van der Waals surface area contributed by atoms with Crippen molar-refractivity contribution >= 4 is 5.69 Å². The molecule has 10 heavy (non-hydrogen) atoms. The molecule has 0 bridgehead atoms. The molecule has 0 atom stereocenters. The highest BCUT2D eigenvalue weighted by molar-refractivity contribution is 5.34. The lowest BCUT2D eigenvalue weighted by molar-refractivity contribution is 0.398. The predicted octanol–water partition coefficient (Wildman–Crippen LogP) is 1.75. The van der Waals surface area contributed by atoms with Gasteiger partial charge in [0, 0.05) is 6.07 Å². The van der Waals surface area contributed by atoms with E-state index in [2.05, 4.69) is 10.1 Å². The van der Waals surface area contributed by atoms with Crippen molar-refractivity contribution < 1.29 is 4.74 Å². The molecule has 1 N–H and O–H groups in total. The highest BCUT2D eigenvalue weighted by Crippen LogP contribution is 2.12. The maximum absolute atomic E-state index is 6.62. The van der Waals surface area contributed by atoms with Gasteiger partial charge in [0.2, 0.25) is 5.88 Å². The van der Waals surface area contributed by atoms with Gasteiger partial charge in [0.05, 0.1) is 13.3 Å². The predicted molar refractivity (Wildman–Crippen MR) is 35.6 cm³/mol. The zero-order valence-electron chi connectivity index (χ0n) is 5.53. The zero-order valence-corrected chi connectivity index (χ0v) is 5.53. The highest BCUT2D eigenvalue weighted by atomic mass is 16.5. The van der Waals surface area contributed by atoms with Crippen molar-refractivity contribution in [2.45, 2.75) is 0 Å². The minimum atomic E-state index is 0.529. The van der Waals surface area contributed by atoms with Crippen LogP contribution in [-0.4, -0.2) is 12.1 Å². The average Bonchev–Trinajstić information content (AvgIpc) is 2.05. The summed E-state index contributed by atoms with van der Waals surface area (Å²) in [5.74, 6) is 0.535. The van der Waals surface area contributed by atoms with E-state index in [4.69, 9.17) is 10.3 Å². The average molecular weight is 137 g/mol. The van der Waals surface area contributed by atoms with Crippen molar-refractivity contribution in [2.24, 2.45) is 5.11 Å². The Morgan fingerprint density at radius 3 is 2.80 bits per heavy atom. The molecule has 52 valence electrons. The first-order valence-corrected chi connectivity index (χ1v) is 2.74. The first-order valence-electron chi connectivity index (χ1n) is 2.74. The van der Waals surface area contributed by atoms with Crippen LogP contribution in [0, 0.1) is 5.53 Å². The van der Waals surface area contributed by atoms with Crippen LogP contribution in [0.4, 0.5) is 5.69 Å². The van der Waals surface area contributed by atoms with E-state index in [-0.39, 0.29) is 0 Å². The number of methoxy groups -OCH3 is 1. The minimum absolute atomic E-state index is 0.529. The van der Waals surface area contributed by atoms with Gasteiger partial charge in [-0.15, -0.1) is 0 Å². The molecular weight excluding hydrogens is 130 g/mol. The molecule has 1 rings (SSSR count). The van der Waals surface area contributed by atoms with Gasteiger partial charge in [-0.25, -0.2) is 10.5 Å². The summed E-state index contributed by atoms with van der Waals surface area (Å²) >= 11 is 0. The Morgan fingerprint density at radius 1 is 1.60 bits per heavy atom. The van der Waals surface area contributed by atoms with E-state index < -0.39 is 0 Å². The van der Waals surface area contributed by atoms with Crippen LogP contribution in [0.25, 0.3) is 0 Å². The van der Waals surface area contributed by atoms with Crippen LogP contribution in [0.5, 0.6) is 5.88 Å². The fourth-order valence-corrected chi connectivity index (χ4v) is 0.559. The fraction of sp³-hybridized carbons (Fsp3) is 0.167. The van der Waals surface area contributed by atoms with Crippen LogP contribution in [-0.2, 0) is 0 Å². The van der Waals surface area contributed by atoms with E-state index in [1.54, 1.807) is 19.2 Å². The molecule has 4 heteroatoms. The van der Waals surface area contributed by atoms with Crippen LogP contribution >= 0.6 is 0 Å². The summed E-state index contributed by atoms with van der Waals surface area (Å²) in [7, 11) is 1.54. The van der Waals surface area contributed by atoms with Crippen molar-refractivity contribution in [3.8, 4) is 5.88 Å². The normalized spacial score (nSPS) is 8.90. The minimum Gasteiger partial charge on any atom is -0.481 e. The number of pyridine rings is 1. The maximum Gasteiger partial charge on any atom is 0.213 e. The molecular formula is C6H7N3O. The molecule has 0 spiro atoms. The van der Waals surface area contributed by atoms with E-state index in [0.29, 0.717) is 11.6 Å².